The number of carbonyl (C=O) groups excluding carboxylic acids is 2. The van der Waals surface area contributed by atoms with Gasteiger partial charge in [0.15, 0.2) is 0 Å². The number of benzene rings is 1. The Morgan fingerprint density at radius 3 is 2.57 bits per heavy atom. The molecule has 0 radical (unpaired) electrons. The number of hydrogen-bond acceptors (Lipinski definition) is 5. The van der Waals surface area contributed by atoms with Gasteiger partial charge in [0, 0.05) is 24.6 Å². The predicted molar refractivity (Wildman–Crippen MR) is 114 cm³/mol. The zero-order chi connectivity index (χ0) is 20.9. The van der Waals surface area contributed by atoms with Gasteiger partial charge >= 0.3 is 0 Å². The number of rotatable bonds is 6. The van der Waals surface area contributed by atoms with Crippen LogP contribution in [0.3, 0.4) is 0 Å². The quantitative estimate of drug-likeness (QED) is 0.610. The lowest BCUT2D eigenvalue weighted by molar-refractivity contribution is -0.125. The summed E-state index contributed by atoms with van der Waals surface area (Å²) in [6.45, 7) is 2.55. The summed E-state index contributed by atoms with van der Waals surface area (Å²) in [5, 5.41) is 10.4. The van der Waals surface area contributed by atoms with E-state index in [2.05, 4.69) is 20.8 Å². The van der Waals surface area contributed by atoms with E-state index in [0.717, 1.165) is 31.2 Å². The minimum atomic E-state index is -0.238. The summed E-state index contributed by atoms with van der Waals surface area (Å²) in [7, 11) is 0. The first-order valence-corrected chi connectivity index (χ1v) is 10.5. The van der Waals surface area contributed by atoms with E-state index in [1.807, 2.05) is 30.3 Å². The molecular weight excluding hydrogens is 380 g/mol. The van der Waals surface area contributed by atoms with E-state index in [1.165, 1.54) is 6.42 Å². The van der Waals surface area contributed by atoms with E-state index in [1.54, 1.807) is 13.0 Å². The van der Waals surface area contributed by atoms with Crippen LogP contribution in [0.2, 0.25) is 0 Å². The number of aryl methyl sites for hydroxylation is 1. The Bertz CT molecular complexity index is 1040. The van der Waals surface area contributed by atoms with Crippen molar-refractivity contribution in [2.75, 3.05) is 13.1 Å². The van der Waals surface area contributed by atoms with Crippen LogP contribution in [0.5, 0.6) is 0 Å². The van der Waals surface area contributed by atoms with E-state index >= 15 is 0 Å². The lowest BCUT2D eigenvalue weighted by Crippen LogP contribution is -2.38. The molecule has 0 aliphatic heterocycles. The molecule has 0 bridgehead atoms. The molecule has 0 spiro atoms. The summed E-state index contributed by atoms with van der Waals surface area (Å²) in [6.07, 6.45) is 5.38. The monoisotopic (exact) mass is 406 g/mol. The highest BCUT2D eigenvalue weighted by atomic mass is 16.5. The molecule has 1 fully saturated rings. The second-order valence-electron chi connectivity index (χ2n) is 7.75. The zero-order valence-electron chi connectivity index (χ0n) is 17.1. The molecule has 7 nitrogen and oxygen atoms in total. The SMILES string of the molecule is Cc1noc2nc(-c3ccccc3)cc(C(=O)NCCNC(=O)C3CCCCC3)c12. The first-order valence-electron chi connectivity index (χ1n) is 10.5. The van der Waals surface area contributed by atoms with Crippen molar-refractivity contribution in [1.29, 1.82) is 0 Å². The van der Waals surface area contributed by atoms with Crippen molar-refractivity contribution in [3.05, 3.63) is 47.7 Å². The van der Waals surface area contributed by atoms with Gasteiger partial charge in [-0.15, -0.1) is 0 Å². The van der Waals surface area contributed by atoms with Crippen molar-refractivity contribution >= 4 is 22.9 Å². The van der Waals surface area contributed by atoms with Crippen LogP contribution in [0, 0.1) is 12.8 Å². The van der Waals surface area contributed by atoms with Crippen LogP contribution in [0.25, 0.3) is 22.4 Å². The lowest BCUT2D eigenvalue weighted by atomic mass is 9.89. The third-order valence-corrected chi connectivity index (χ3v) is 5.62. The highest BCUT2D eigenvalue weighted by Crippen LogP contribution is 2.27. The molecule has 2 N–H and O–H groups in total. The largest absolute Gasteiger partial charge is 0.354 e. The molecule has 7 heteroatoms. The van der Waals surface area contributed by atoms with Gasteiger partial charge in [0.25, 0.3) is 11.6 Å². The van der Waals surface area contributed by atoms with Crippen molar-refractivity contribution in [1.82, 2.24) is 20.8 Å². The van der Waals surface area contributed by atoms with Gasteiger partial charge in [-0.2, -0.15) is 0 Å². The van der Waals surface area contributed by atoms with Crippen LogP contribution >= 0.6 is 0 Å². The molecule has 1 aromatic carbocycles. The molecule has 2 aromatic heterocycles. The average molecular weight is 406 g/mol. The van der Waals surface area contributed by atoms with Gasteiger partial charge in [-0.25, -0.2) is 4.98 Å². The fourth-order valence-corrected chi connectivity index (χ4v) is 4.00. The topological polar surface area (TPSA) is 97.1 Å². The summed E-state index contributed by atoms with van der Waals surface area (Å²) >= 11 is 0. The Morgan fingerprint density at radius 2 is 1.80 bits per heavy atom. The van der Waals surface area contributed by atoms with Gasteiger partial charge in [0.05, 0.1) is 22.3 Å². The maximum absolute atomic E-state index is 12.9. The minimum absolute atomic E-state index is 0.0940. The number of fused-ring (bicyclic) bond motifs is 1. The van der Waals surface area contributed by atoms with Crippen molar-refractivity contribution < 1.29 is 14.1 Å². The maximum atomic E-state index is 12.9. The van der Waals surface area contributed by atoms with E-state index in [9.17, 15) is 9.59 Å². The van der Waals surface area contributed by atoms with Crippen LogP contribution in [0.4, 0.5) is 0 Å². The third-order valence-electron chi connectivity index (χ3n) is 5.62. The molecule has 3 aromatic rings. The zero-order valence-corrected chi connectivity index (χ0v) is 17.1. The number of amides is 2. The van der Waals surface area contributed by atoms with Crippen LogP contribution in [0.15, 0.2) is 40.9 Å². The minimum Gasteiger partial charge on any atom is -0.354 e. The molecule has 4 rings (SSSR count). The van der Waals surface area contributed by atoms with Gasteiger partial charge in [0.2, 0.25) is 5.91 Å². The Morgan fingerprint density at radius 1 is 1.07 bits per heavy atom. The number of aromatic nitrogens is 2. The van der Waals surface area contributed by atoms with E-state index in [4.69, 9.17) is 4.52 Å². The predicted octanol–water partition coefficient (Wildman–Crippen LogP) is 3.62. The fraction of sp³-hybridized carbons (Fsp3) is 0.391. The summed E-state index contributed by atoms with van der Waals surface area (Å²) in [4.78, 5) is 29.7. The van der Waals surface area contributed by atoms with Crippen LogP contribution < -0.4 is 10.6 Å². The molecule has 30 heavy (non-hydrogen) atoms. The van der Waals surface area contributed by atoms with Gasteiger partial charge < -0.3 is 15.2 Å². The van der Waals surface area contributed by atoms with Crippen molar-refractivity contribution in [2.45, 2.75) is 39.0 Å². The smallest absolute Gasteiger partial charge is 0.259 e. The average Bonchev–Trinajstić information content (AvgIpc) is 3.17. The van der Waals surface area contributed by atoms with E-state index < -0.39 is 0 Å². The molecule has 1 aliphatic rings. The van der Waals surface area contributed by atoms with Crippen molar-refractivity contribution in [2.24, 2.45) is 5.92 Å². The van der Waals surface area contributed by atoms with Crippen LogP contribution in [0.1, 0.15) is 48.2 Å². The van der Waals surface area contributed by atoms with Crippen molar-refractivity contribution in [3.8, 4) is 11.3 Å². The molecule has 2 heterocycles. The number of nitrogens with one attached hydrogen (secondary N) is 2. The molecular formula is C23H26N4O3. The van der Waals surface area contributed by atoms with Gasteiger partial charge in [-0.3, -0.25) is 9.59 Å². The lowest BCUT2D eigenvalue weighted by Gasteiger charge is -2.20. The van der Waals surface area contributed by atoms with Gasteiger partial charge in [-0.05, 0) is 25.8 Å². The highest BCUT2D eigenvalue weighted by Gasteiger charge is 2.21. The normalized spacial score (nSPS) is 14.6. The summed E-state index contributed by atoms with van der Waals surface area (Å²) in [5.41, 5.74) is 2.96. The Kier molecular flexibility index (Phi) is 6.07. The molecule has 156 valence electrons. The summed E-state index contributed by atoms with van der Waals surface area (Å²) in [5.74, 6) is -0.0309. The summed E-state index contributed by atoms with van der Waals surface area (Å²) in [6, 6.07) is 11.4. The van der Waals surface area contributed by atoms with Crippen molar-refractivity contribution in [3.63, 3.8) is 0 Å². The third kappa shape index (κ3) is 4.35. The molecule has 0 saturated heterocycles. The number of hydrogen-bond donors (Lipinski definition) is 2. The Labute approximate surface area is 175 Å². The fourth-order valence-electron chi connectivity index (χ4n) is 4.00. The molecule has 2 amide bonds. The maximum Gasteiger partial charge on any atom is 0.259 e. The van der Waals surface area contributed by atoms with Gasteiger partial charge in [0.1, 0.15) is 0 Å². The van der Waals surface area contributed by atoms with Gasteiger partial charge in [-0.1, -0.05) is 54.8 Å². The second-order valence-corrected chi connectivity index (χ2v) is 7.75. The Hall–Kier alpha value is -3.22. The first-order chi connectivity index (χ1) is 14.6. The molecule has 1 saturated carbocycles. The molecule has 0 atom stereocenters. The number of pyridine rings is 1. The molecule has 0 unspecified atom stereocenters. The van der Waals surface area contributed by atoms with E-state index in [0.29, 0.717) is 41.1 Å². The summed E-state index contributed by atoms with van der Waals surface area (Å²) < 4.78 is 5.33. The van der Waals surface area contributed by atoms with Crippen LogP contribution in [-0.4, -0.2) is 35.0 Å². The Balaban J connectivity index is 1.44. The second kappa shape index (κ2) is 9.07. The first kappa shape index (κ1) is 20.1. The number of carbonyl (C=O) groups is 2. The molecule has 1 aliphatic carbocycles. The van der Waals surface area contributed by atoms with E-state index in [-0.39, 0.29) is 17.7 Å². The standard InChI is InChI=1S/C23H26N4O3/c1-15-20-18(14-19(26-23(20)30-27-15)16-8-4-2-5-9-16)22(29)25-13-12-24-21(28)17-10-6-3-7-11-17/h2,4-5,8-9,14,17H,3,6-7,10-13H2,1H3,(H,24,28)(H,25,29). The highest BCUT2D eigenvalue weighted by molar-refractivity contribution is 6.07. The number of nitrogens with zero attached hydrogens (tertiary/aromatic N) is 2. The van der Waals surface area contributed by atoms with Crippen LogP contribution in [-0.2, 0) is 4.79 Å².